The molecule has 0 aromatic heterocycles. The topological polar surface area (TPSA) is 72.2 Å². The van der Waals surface area contributed by atoms with Crippen molar-refractivity contribution in [2.24, 2.45) is 11.7 Å². The van der Waals surface area contributed by atoms with Crippen molar-refractivity contribution < 1.29 is 8.42 Å². The van der Waals surface area contributed by atoms with Gasteiger partial charge in [0.2, 0.25) is 0 Å². The molecule has 1 rings (SSSR count). The van der Waals surface area contributed by atoms with E-state index in [9.17, 15) is 8.42 Å². The van der Waals surface area contributed by atoms with E-state index in [1.165, 1.54) is 0 Å². The van der Waals surface area contributed by atoms with E-state index in [-0.39, 0.29) is 6.04 Å². The van der Waals surface area contributed by atoms with Crippen molar-refractivity contribution in [3.8, 4) is 0 Å². The van der Waals surface area contributed by atoms with Gasteiger partial charge in [-0.25, -0.2) is 8.42 Å². The van der Waals surface area contributed by atoms with E-state index < -0.39 is 9.84 Å². The van der Waals surface area contributed by atoms with Crippen LogP contribution in [0.25, 0.3) is 0 Å². The molecule has 0 aromatic rings. The lowest BCUT2D eigenvalue weighted by atomic mass is 9.92. The molecule has 1 atom stereocenters. The van der Waals surface area contributed by atoms with Crippen molar-refractivity contribution in [3.05, 3.63) is 0 Å². The summed E-state index contributed by atoms with van der Waals surface area (Å²) in [7, 11) is -0.840. The first-order valence-corrected chi connectivity index (χ1v) is 6.98. The molecule has 5 heteroatoms. The lowest BCUT2D eigenvalue weighted by molar-refractivity contribution is 0.365. The number of nitrogens with one attached hydrogen (secondary N) is 1. The zero-order chi connectivity index (χ0) is 10.6. The molecule has 1 unspecified atom stereocenters. The fraction of sp³-hybridized carbons (Fsp3) is 1.00. The number of sulfone groups is 1. The molecule has 1 heterocycles. The molecule has 1 fully saturated rings. The van der Waals surface area contributed by atoms with Crippen LogP contribution in [-0.2, 0) is 9.84 Å². The molecule has 0 amide bonds. The van der Waals surface area contributed by atoms with Crippen LogP contribution in [0.5, 0.6) is 0 Å². The minimum atomic E-state index is -2.74. The highest BCUT2D eigenvalue weighted by Gasteiger charge is 2.27. The van der Waals surface area contributed by atoms with Crippen LogP contribution >= 0.6 is 0 Å². The van der Waals surface area contributed by atoms with Gasteiger partial charge in [0.25, 0.3) is 0 Å². The highest BCUT2D eigenvalue weighted by Crippen LogP contribution is 2.22. The SMILES string of the molecule is CNCCC(N)C1CCS(=O)(=O)CC1. The van der Waals surface area contributed by atoms with Gasteiger partial charge in [-0.15, -0.1) is 0 Å². The van der Waals surface area contributed by atoms with Crippen molar-refractivity contribution >= 4 is 9.84 Å². The van der Waals surface area contributed by atoms with Crippen LogP contribution in [0.2, 0.25) is 0 Å². The number of nitrogens with two attached hydrogens (primary N) is 1. The zero-order valence-electron chi connectivity index (χ0n) is 8.70. The zero-order valence-corrected chi connectivity index (χ0v) is 9.52. The lowest BCUT2D eigenvalue weighted by Crippen LogP contribution is -2.38. The Morgan fingerprint density at radius 2 is 2.00 bits per heavy atom. The lowest BCUT2D eigenvalue weighted by Gasteiger charge is -2.27. The van der Waals surface area contributed by atoms with Gasteiger partial charge in [0.15, 0.2) is 0 Å². The molecule has 1 saturated heterocycles. The first-order chi connectivity index (χ1) is 6.55. The van der Waals surface area contributed by atoms with Crippen LogP contribution in [0.1, 0.15) is 19.3 Å². The minimum absolute atomic E-state index is 0.151. The van der Waals surface area contributed by atoms with Gasteiger partial charge in [-0.1, -0.05) is 0 Å². The van der Waals surface area contributed by atoms with Crippen molar-refractivity contribution in [1.29, 1.82) is 0 Å². The largest absolute Gasteiger partial charge is 0.327 e. The Kier molecular flexibility index (Phi) is 4.34. The summed E-state index contributed by atoms with van der Waals surface area (Å²) in [5, 5.41) is 3.06. The number of hydrogen-bond donors (Lipinski definition) is 2. The van der Waals surface area contributed by atoms with Crippen molar-refractivity contribution in [2.45, 2.75) is 25.3 Å². The Balaban J connectivity index is 2.34. The smallest absolute Gasteiger partial charge is 0.150 e. The molecule has 3 N–H and O–H groups in total. The fourth-order valence-electron chi connectivity index (χ4n) is 1.88. The Bertz CT molecular complexity index is 250. The number of rotatable bonds is 4. The summed E-state index contributed by atoms with van der Waals surface area (Å²) in [6.07, 6.45) is 2.42. The third kappa shape index (κ3) is 3.55. The van der Waals surface area contributed by atoms with Gasteiger partial charge in [0, 0.05) is 6.04 Å². The summed E-state index contributed by atoms with van der Waals surface area (Å²) in [4.78, 5) is 0. The molecule has 1 aliphatic heterocycles. The second-order valence-electron chi connectivity index (χ2n) is 4.05. The molecule has 0 radical (unpaired) electrons. The Morgan fingerprint density at radius 3 is 2.50 bits per heavy atom. The monoisotopic (exact) mass is 220 g/mol. The first kappa shape index (κ1) is 11.9. The summed E-state index contributed by atoms with van der Waals surface area (Å²) in [6.45, 7) is 0.907. The molecular formula is C9H20N2O2S. The molecule has 0 aromatic carbocycles. The van der Waals surface area contributed by atoms with Gasteiger partial charge in [0.1, 0.15) is 9.84 Å². The number of hydrogen-bond acceptors (Lipinski definition) is 4. The average molecular weight is 220 g/mol. The maximum Gasteiger partial charge on any atom is 0.150 e. The van der Waals surface area contributed by atoms with Crippen LogP contribution in [0.15, 0.2) is 0 Å². The summed E-state index contributed by atoms with van der Waals surface area (Å²) in [5.41, 5.74) is 5.99. The summed E-state index contributed by atoms with van der Waals surface area (Å²) >= 11 is 0. The van der Waals surface area contributed by atoms with Crippen LogP contribution in [-0.4, -0.2) is 39.6 Å². The normalized spacial score (nSPS) is 24.7. The van der Waals surface area contributed by atoms with E-state index in [1.54, 1.807) is 0 Å². The Labute approximate surface area is 86.2 Å². The van der Waals surface area contributed by atoms with E-state index in [0.29, 0.717) is 17.4 Å². The van der Waals surface area contributed by atoms with E-state index in [1.807, 2.05) is 7.05 Å². The maximum atomic E-state index is 11.2. The fourth-order valence-corrected chi connectivity index (χ4v) is 3.41. The van der Waals surface area contributed by atoms with Crippen molar-refractivity contribution in [2.75, 3.05) is 25.1 Å². The highest BCUT2D eigenvalue weighted by molar-refractivity contribution is 7.91. The van der Waals surface area contributed by atoms with E-state index in [4.69, 9.17) is 5.73 Å². The predicted octanol–water partition coefficient (Wildman–Crippen LogP) is -0.252. The quantitative estimate of drug-likeness (QED) is 0.685. The predicted molar refractivity (Wildman–Crippen MR) is 57.9 cm³/mol. The molecular weight excluding hydrogens is 200 g/mol. The molecule has 0 aliphatic carbocycles. The van der Waals surface area contributed by atoms with Crippen LogP contribution < -0.4 is 11.1 Å². The van der Waals surface area contributed by atoms with Gasteiger partial charge in [-0.05, 0) is 38.8 Å². The summed E-state index contributed by atoms with van der Waals surface area (Å²) < 4.78 is 22.4. The van der Waals surface area contributed by atoms with Gasteiger partial charge in [0.05, 0.1) is 11.5 Å². The molecule has 1 aliphatic rings. The minimum Gasteiger partial charge on any atom is -0.327 e. The van der Waals surface area contributed by atoms with Crippen LogP contribution in [0.4, 0.5) is 0 Å². The summed E-state index contributed by atoms with van der Waals surface area (Å²) in [6, 6.07) is 0.151. The first-order valence-electron chi connectivity index (χ1n) is 5.16. The molecule has 84 valence electrons. The molecule has 0 bridgehead atoms. The Morgan fingerprint density at radius 1 is 1.43 bits per heavy atom. The maximum absolute atomic E-state index is 11.2. The Hall–Kier alpha value is -0.130. The standard InChI is InChI=1S/C9H20N2O2S/c1-11-5-2-9(10)8-3-6-14(12,13)7-4-8/h8-9,11H,2-7,10H2,1H3. The van der Waals surface area contributed by atoms with Crippen LogP contribution in [0, 0.1) is 5.92 Å². The van der Waals surface area contributed by atoms with Gasteiger partial charge >= 0.3 is 0 Å². The van der Waals surface area contributed by atoms with Gasteiger partial charge < -0.3 is 11.1 Å². The second-order valence-corrected chi connectivity index (χ2v) is 6.35. The molecule has 0 saturated carbocycles. The summed E-state index contributed by atoms with van der Waals surface area (Å²) in [5.74, 6) is 1.04. The third-order valence-corrected chi connectivity index (χ3v) is 4.65. The van der Waals surface area contributed by atoms with Gasteiger partial charge in [-0.2, -0.15) is 0 Å². The van der Waals surface area contributed by atoms with E-state index in [2.05, 4.69) is 5.32 Å². The van der Waals surface area contributed by atoms with Crippen molar-refractivity contribution in [3.63, 3.8) is 0 Å². The molecule has 0 spiro atoms. The van der Waals surface area contributed by atoms with Crippen molar-refractivity contribution in [1.82, 2.24) is 5.32 Å². The van der Waals surface area contributed by atoms with Gasteiger partial charge in [-0.3, -0.25) is 0 Å². The molecule has 14 heavy (non-hydrogen) atoms. The second kappa shape index (κ2) is 5.09. The third-order valence-electron chi connectivity index (χ3n) is 2.93. The molecule has 4 nitrogen and oxygen atoms in total. The van der Waals surface area contributed by atoms with Crippen LogP contribution in [0.3, 0.4) is 0 Å². The highest BCUT2D eigenvalue weighted by atomic mass is 32.2. The van der Waals surface area contributed by atoms with E-state index >= 15 is 0 Å². The average Bonchev–Trinajstić information content (AvgIpc) is 2.14. The van der Waals surface area contributed by atoms with E-state index in [0.717, 1.165) is 25.8 Å².